The summed E-state index contributed by atoms with van der Waals surface area (Å²) in [5, 5.41) is 6.18. The lowest BCUT2D eigenvalue weighted by atomic mass is 10.1. The van der Waals surface area contributed by atoms with Crippen molar-refractivity contribution in [3.63, 3.8) is 0 Å². The smallest absolute Gasteiger partial charge is 0.242 e. The number of carbonyl (C=O) groups excluding carboxylic acids is 1. The van der Waals surface area contributed by atoms with Gasteiger partial charge in [0.05, 0.1) is 10.1 Å². The number of pyridine rings is 1. The highest BCUT2D eigenvalue weighted by molar-refractivity contribution is 14.1. The summed E-state index contributed by atoms with van der Waals surface area (Å²) in [7, 11) is 0. The molecule has 0 radical (unpaired) electrons. The Kier molecular flexibility index (Phi) is 4.60. The van der Waals surface area contributed by atoms with Crippen molar-refractivity contribution in [2.24, 2.45) is 5.92 Å². The first-order valence-electron chi connectivity index (χ1n) is 5.81. The highest BCUT2D eigenvalue weighted by atomic mass is 127. The van der Waals surface area contributed by atoms with Crippen LogP contribution in [0.15, 0.2) is 16.7 Å². The average molecular weight is 424 g/mol. The fourth-order valence-electron chi connectivity index (χ4n) is 1.93. The van der Waals surface area contributed by atoms with Crippen molar-refractivity contribution < 1.29 is 4.79 Å². The first-order chi connectivity index (χ1) is 8.47. The Labute approximate surface area is 129 Å². The zero-order valence-electron chi connectivity index (χ0n) is 10.2. The van der Waals surface area contributed by atoms with E-state index in [1.807, 2.05) is 19.1 Å². The van der Waals surface area contributed by atoms with Crippen LogP contribution in [0.5, 0.6) is 0 Å². The summed E-state index contributed by atoms with van der Waals surface area (Å²) < 4.78 is 1.08. The molecule has 0 aromatic carbocycles. The van der Waals surface area contributed by atoms with E-state index in [0.717, 1.165) is 16.6 Å². The van der Waals surface area contributed by atoms with Gasteiger partial charge in [-0.05, 0) is 46.8 Å². The first-order valence-corrected chi connectivity index (χ1v) is 7.85. The van der Waals surface area contributed by atoms with E-state index < -0.39 is 0 Å². The van der Waals surface area contributed by atoms with E-state index in [4.69, 9.17) is 0 Å². The molecule has 98 valence electrons. The Morgan fingerprint density at radius 3 is 2.94 bits per heavy atom. The summed E-state index contributed by atoms with van der Waals surface area (Å²) >= 11 is 5.64. The van der Waals surface area contributed by atoms with Gasteiger partial charge in [0.25, 0.3) is 0 Å². The number of alkyl halides is 1. The van der Waals surface area contributed by atoms with Crippen LogP contribution in [0.3, 0.4) is 0 Å². The molecular formula is C12H15BrIN3O. The van der Waals surface area contributed by atoms with E-state index in [0.29, 0.717) is 15.8 Å². The lowest BCUT2D eigenvalue weighted by molar-refractivity contribution is -0.117. The molecule has 6 heteroatoms. The molecule has 1 fully saturated rings. The number of aromatic nitrogens is 1. The predicted octanol–water partition coefficient (Wildman–Crippen LogP) is 2.85. The number of carbonyl (C=O) groups is 1. The molecule has 0 unspecified atom stereocenters. The van der Waals surface area contributed by atoms with E-state index in [2.05, 4.69) is 61.1 Å². The molecule has 0 bridgehead atoms. The second-order valence-electron chi connectivity index (χ2n) is 4.62. The van der Waals surface area contributed by atoms with E-state index in [1.165, 1.54) is 0 Å². The highest BCUT2D eigenvalue weighted by Gasteiger charge is 2.33. The average Bonchev–Trinajstić information content (AvgIpc) is 2.64. The van der Waals surface area contributed by atoms with Crippen LogP contribution in [0.2, 0.25) is 0 Å². The van der Waals surface area contributed by atoms with Crippen LogP contribution in [0.25, 0.3) is 0 Å². The van der Waals surface area contributed by atoms with Gasteiger partial charge in [-0.25, -0.2) is 4.98 Å². The summed E-state index contributed by atoms with van der Waals surface area (Å²) in [5.41, 5.74) is 0.962. The molecule has 1 saturated heterocycles. The van der Waals surface area contributed by atoms with Gasteiger partial charge >= 0.3 is 0 Å². The Bertz CT molecular complexity index is 459. The summed E-state index contributed by atoms with van der Waals surface area (Å²) in [4.78, 5) is 16.4. The quantitative estimate of drug-likeness (QED) is 0.333. The molecule has 4 nitrogen and oxygen atoms in total. The maximum absolute atomic E-state index is 12.1. The second-order valence-corrected chi connectivity index (χ2v) is 6.78. The molecule has 1 aliphatic rings. The van der Waals surface area contributed by atoms with Gasteiger partial charge in [-0.2, -0.15) is 0 Å². The van der Waals surface area contributed by atoms with E-state index in [1.54, 1.807) is 0 Å². The number of amides is 1. The van der Waals surface area contributed by atoms with Gasteiger partial charge in [-0.3, -0.25) is 10.1 Å². The van der Waals surface area contributed by atoms with Crippen molar-refractivity contribution in [3.8, 4) is 0 Å². The van der Waals surface area contributed by atoms with Crippen molar-refractivity contribution in [2.75, 3.05) is 5.32 Å². The number of anilines is 1. The Balaban J connectivity index is 2.05. The second kappa shape index (κ2) is 5.83. The van der Waals surface area contributed by atoms with Crippen molar-refractivity contribution >= 4 is 50.2 Å². The topological polar surface area (TPSA) is 54.0 Å². The minimum atomic E-state index is -0.123. The lowest BCUT2D eigenvalue weighted by Crippen LogP contribution is -2.37. The van der Waals surface area contributed by atoms with Crippen LogP contribution in [0, 0.1) is 12.8 Å². The van der Waals surface area contributed by atoms with Crippen LogP contribution in [-0.2, 0) is 4.79 Å². The number of rotatable bonds is 2. The van der Waals surface area contributed by atoms with Gasteiger partial charge in [0.15, 0.2) is 0 Å². The van der Waals surface area contributed by atoms with Crippen LogP contribution in [0.4, 0.5) is 5.82 Å². The van der Waals surface area contributed by atoms with E-state index >= 15 is 0 Å². The standard InChI is InChI=1S/C12H15BrIN3O/c1-6-3-4-9(13)16-11(6)17-12(18)8-5-7(2)10(14)15-8/h3-4,7-8,10,15H,5H2,1-2H3,(H,16,17,18)/t7-,8-,10-/m0/s1. The minimum absolute atomic E-state index is 0.00489. The normalized spacial score (nSPS) is 27.2. The third-order valence-electron chi connectivity index (χ3n) is 3.09. The molecule has 1 amide bonds. The molecule has 1 aliphatic heterocycles. The molecule has 2 heterocycles. The number of nitrogens with zero attached hydrogens (tertiary/aromatic N) is 1. The lowest BCUT2D eigenvalue weighted by Gasteiger charge is -2.12. The zero-order valence-corrected chi connectivity index (χ0v) is 13.9. The molecule has 0 saturated carbocycles. The van der Waals surface area contributed by atoms with Gasteiger partial charge in [-0.1, -0.05) is 35.6 Å². The van der Waals surface area contributed by atoms with Crippen molar-refractivity contribution in [1.29, 1.82) is 0 Å². The maximum Gasteiger partial charge on any atom is 0.242 e. The van der Waals surface area contributed by atoms with Crippen LogP contribution in [0.1, 0.15) is 18.9 Å². The fourth-order valence-corrected chi connectivity index (χ4v) is 2.97. The van der Waals surface area contributed by atoms with Gasteiger partial charge in [0.2, 0.25) is 5.91 Å². The molecular weight excluding hydrogens is 409 g/mol. The van der Waals surface area contributed by atoms with E-state index in [9.17, 15) is 4.79 Å². The molecule has 0 aliphatic carbocycles. The summed E-state index contributed by atoms with van der Waals surface area (Å²) in [6, 6.07) is 3.67. The maximum atomic E-state index is 12.1. The van der Waals surface area contributed by atoms with Crippen molar-refractivity contribution in [1.82, 2.24) is 10.3 Å². The monoisotopic (exact) mass is 423 g/mol. The molecule has 1 aromatic rings. The van der Waals surface area contributed by atoms with Gasteiger partial charge in [-0.15, -0.1) is 0 Å². The van der Waals surface area contributed by atoms with Crippen LogP contribution >= 0.6 is 38.5 Å². The van der Waals surface area contributed by atoms with Crippen molar-refractivity contribution in [2.45, 2.75) is 30.4 Å². The summed E-state index contributed by atoms with van der Waals surface area (Å²) in [6.07, 6.45) is 0.868. The Hall–Kier alpha value is -0.210. The van der Waals surface area contributed by atoms with Gasteiger partial charge in [0.1, 0.15) is 10.4 Å². The Morgan fingerprint density at radius 2 is 2.33 bits per heavy atom. The first kappa shape index (κ1) is 14.2. The van der Waals surface area contributed by atoms with E-state index in [-0.39, 0.29) is 11.9 Å². The fraction of sp³-hybridized carbons (Fsp3) is 0.500. The number of aryl methyl sites for hydroxylation is 1. The minimum Gasteiger partial charge on any atom is -0.309 e. The third-order valence-corrected chi connectivity index (χ3v) is 5.12. The molecule has 0 spiro atoms. The SMILES string of the molecule is Cc1ccc(Br)nc1NC(=O)[C@@H]1C[C@H](C)[C@@H](I)N1. The molecule has 18 heavy (non-hydrogen) atoms. The van der Waals surface area contributed by atoms with Gasteiger partial charge in [0, 0.05) is 0 Å². The third kappa shape index (κ3) is 3.21. The number of nitrogens with one attached hydrogen (secondary N) is 2. The summed E-state index contributed by atoms with van der Waals surface area (Å²) in [6.45, 7) is 4.08. The Morgan fingerprint density at radius 1 is 1.61 bits per heavy atom. The zero-order chi connectivity index (χ0) is 13.3. The molecule has 2 rings (SSSR count). The van der Waals surface area contributed by atoms with Crippen LogP contribution < -0.4 is 10.6 Å². The predicted molar refractivity (Wildman–Crippen MR) is 83.8 cm³/mol. The van der Waals surface area contributed by atoms with Crippen LogP contribution in [-0.4, -0.2) is 21.0 Å². The molecule has 3 atom stereocenters. The number of hydrogen-bond acceptors (Lipinski definition) is 3. The molecule has 1 aromatic heterocycles. The molecule has 2 N–H and O–H groups in total. The highest BCUT2D eigenvalue weighted by Crippen LogP contribution is 2.25. The number of halogens is 2. The number of hydrogen-bond donors (Lipinski definition) is 2. The largest absolute Gasteiger partial charge is 0.309 e. The van der Waals surface area contributed by atoms with Gasteiger partial charge < -0.3 is 5.32 Å². The van der Waals surface area contributed by atoms with Crippen molar-refractivity contribution in [3.05, 3.63) is 22.3 Å². The summed E-state index contributed by atoms with van der Waals surface area (Å²) in [5.74, 6) is 1.13.